The molecule has 0 aliphatic heterocycles. The van der Waals surface area contributed by atoms with Crippen molar-refractivity contribution in [3.05, 3.63) is 62.7 Å². The molecule has 1 atom stereocenters. The molecule has 1 N–H and O–H groups in total. The van der Waals surface area contributed by atoms with E-state index in [4.69, 9.17) is 0 Å². The van der Waals surface area contributed by atoms with Crippen LogP contribution in [0.3, 0.4) is 0 Å². The quantitative estimate of drug-likeness (QED) is 0.756. The Kier molecular flexibility index (Phi) is 9.04. The van der Waals surface area contributed by atoms with Crippen molar-refractivity contribution in [2.24, 2.45) is 0 Å². The second-order valence-corrected chi connectivity index (χ2v) is 6.82. The Morgan fingerprint density at radius 3 is 1.67 bits per heavy atom. The van der Waals surface area contributed by atoms with E-state index < -0.39 is 10.8 Å². The third kappa shape index (κ3) is 6.18. The minimum absolute atomic E-state index is 0. The molecule has 0 heterocycles. The monoisotopic (exact) mass is 306 g/mol. The van der Waals surface area contributed by atoms with Crippen molar-refractivity contribution in [3.63, 3.8) is 0 Å². The van der Waals surface area contributed by atoms with Crippen LogP contribution in [0.5, 0.6) is 0 Å². The van der Waals surface area contributed by atoms with E-state index in [1.807, 2.05) is 52.9 Å². The summed E-state index contributed by atoms with van der Waals surface area (Å²) in [6.45, 7) is 5.65. The van der Waals surface area contributed by atoms with E-state index in [1.54, 1.807) is 19.3 Å². The summed E-state index contributed by atoms with van der Waals surface area (Å²) in [6, 6.07) is 0. The summed E-state index contributed by atoms with van der Waals surface area (Å²) < 4.78 is 11.4. The van der Waals surface area contributed by atoms with E-state index in [2.05, 4.69) is 0 Å². The number of hydrogen-bond donors (Lipinski definition) is 1. The molecule has 98 valence electrons. The zero-order chi connectivity index (χ0) is 12.9. The van der Waals surface area contributed by atoms with Gasteiger partial charge < -0.3 is 5.11 Å². The van der Waals surface area contributed by atoms with Gasteiger partial charge in [0.05, 0.1) is 0 Å². The summed E-state index contributed by atoms with van der Waals surface area (Å²) in [4.78, 5) is 0. The standard InChI is InChI=1S/C9H13O2S.C5H5.Fe/c1-9(2,3)12(11)8-6-4-5-7(8)10;1-2-4-5-3-1;/h4-6,10H,1-3H3;1-5H;/q;;+2/t12-;;/m0../s1. The molecular formula is C14H18FeO2S+2. The summed E-state index contributed by atoms with van der Waals surface area (Å²) >= 11 is 0. The number of aliphatic hydroxyl groups is 1. The summed E-state index contributed by atoms with van der Waals surface area (Å²) in [5.74, 6) is 0. The summed E-state index contributed by atoms with van der Waals surface area (Å²) in [7, 11) is -1.13. The Bertz CT molecular complexity index is 239. The van der Waals surface area contributed by atoms with Crippen molar-refractivity contribution in [1.29, 1.82) is 0 Å². The molecule has 0 aromatic heterocycles. The summed E-state index contributed by atoms with van der Waals surface area (Å²) in [6.07, 6.45) is 15.1. The zero-order valence-electron chi connectivity index (χ0n) is 10.7. The van der Waals surface area contributed by atoms with Crippen LogP contribution in [0.15, 0.2) is 0 Å². The smallest absolute Gasteiger partial charge is 0.385 e. The molecule has 2 rings (SSSR count). The van der Waals surface area contributed by atoms with E-state index in [0.717, 1.165) is 0 Å². The van der Waals surface area contributed by atoms with Crippen LogP contribution >= 0.6 is 0 Å². The molecule has 0 bridgehead atoms. The zero-order valence-corrected chi connectivity index (χ0v) is 12.7. The number of aliphatic hydroxyl groups excluding tert-OH is 1. The van der Waals surface area contributed by atoms with Crippen molar-refractivity contribution >= 4 is 10.8 Å². The van der Waals surface area contributed by atoms with Crippen molar-refractivity contribution in [2.45, 2.75) is 25.5 Å². The van der Waals surface area contributed by atoms with E-state index in [0.29, 0.717) is 5.25 Å². The molecule has 2 fully saturated rings. The maximum atomic E-state index is 11.7. The Morgan fingerprint density at radius 2 is 1.39 bits per heavy atom. The number of rotatable bonds is 1. The van der Waals surface area contributed by atoms with E-state index in [9.17, 15) is 9.32 Å². The van der Waals surface area contributed by atoms with Gasteiger partial charge in [-0.2, -0.15) is 0 Å². The fraction of sp³-hybridized carbons (Fsp3) is 0.286. The van der Waals surface area contributed by atoms with Crippen LogP contribution in [-0.2, 0) is 27.9 Å². The van der Waals surface area contributed by atoms with Gasteiger partial charge in [-0.3, -0.25) is 4.21 Å². The summed E-state index contributed by atoms with van der Waals surface area (Å²) in [5, 5.41) is 9.82. The fourth-order valence-corrected chi connectivity index (χ4v) is 2.32. The van der Waals surface area contributed by atoms with Gasteiger partial charge >= 0.3 is 17.1 Å². The van der Waals surface area contributed by atoms with Gasteiger partial charge in [0.25, 0.3) is 0 Å². The first kappa shape index (κ1) is 18.6. The minimum Gasteiger partial charge on any atom is -0.385 e. The topological polar surface area (TPSA) is 37.3 Å². The van der Waals surface area contributed by atoms with Crippen LogP contribution in [0.2, 0.25) is 0 Å². The van der Waals surface area contributed by atoms with Gasteiger partial charge in [0.1, 0.15) is 11.4 Å². The van der Waals surface area contributed by atoms with Crippen molar-refractivity contribution in [2.75, 3.05) is 0 Å². The van der Waals surface area contributed by atoms with Crippen LogP contribution in [0, 0.1) is 62.7 Å². The van der Waals surface area contributed by atoms with Crippen LogP contribution < -0.4 is 0 Å². The largest absolute Gasteiger partial charge is 2.00 e. The van der Waals surface area contributed by atoms with Crippen LogP contribution in [-0.4, -0.2) is 14.1 Å². The molecule has 0 unspecified atom stereocenters. The van der Waals surface area contributed by atoms with Crippen LogP contribution in [0.1, 0.15) is 20.8 Å². The molecule has 0 amide bonds. The molecule has 0 saturated heterocycles. The molecule has 0 aromatic rings. The van der Waals surface area contributed by atoms with Crippen molar-refractivity contribution < 1.29 is 26.4 Å². The fourth-order valence-electron chi connectivity index (χ4n) is 1.20. The normalized spacial score (nSPS) is 23.1. The second kappa shape index (κ2) is 8.73. The molecule has 18 heavy (non-hydrogen) atoms. The van der Waals surface area contributed by atoms with Gasteiger partial charge in [0, 0.05) is 22.0 Å². The Labute approximate surface area is 125 Å². The van der Waals surface area contributed by atoms with Crippen LogP contribution in [0.4, 0.5) is 0 Å². The van der Waals surface area contributed by atoms with Crippen LogP contribution in [0.25, 0.3) is 0 Å². The molecule has 4 heteroatoms. The molecular weight excluding hydrogens is 288 g/mol. The average molecular weight is 306 g/mol. The Balaban J connectivity index is 0.000000405. The van der Waals surface area contributed by atoms with Gasteiger partial charge in [0.15, 0.2) is 0 Å². The Morgan fingerprint density at radius 1 is 0.944 bits per heavy atom. The van der Waals surface area contributed by atoms with E-state index in [1.165, 1.54) is 0 Å². The van der Waals surface area contributed by atoms with Gasteiger partial charge in [0.2, 0.25) is 0 Å². The maximum absolute atomic E-state index is 11.7. The molecule has 0 spiro atoms. The predicted molar refractivity (Wildman–Crippen MR) is 70.7 cm³/mol. The number of hydrogen-bond acceptors (Lipinski definition) is 2. The van der Waals surface area contributed by atoms with E-state index >= 15 is 0 Å². The third-order valence-electron chi connectivity index (χ3n) is 2.07. The molecule has 2 saturated carbocycles. The van der Waals surface area contributed by atoms with Crippen molar-refractivity contribution in [1.82, 2.24) is 0 Å². The first-order valence-corrected chi connectivity index (χ1v) is 6.61. The predicted octanol–water partition coefficient (Wildman–Crippen LogP) is 2.62. The minimum atomic E-state index is -1.13. The second-order valence-electron chi connectivity index (χ2n) is 4.62. The first-order valence-electron chi connectivity index (χ1n) is 5.46. The van der Waals surface area contributed by atoms with Gasteiger partial charge in [-0.15, -0.1) is 0 Å². The van der Waals surface area contributed by atoms with E-state index in [-0.39, 0.29) is 27.9 Å². The van der Waals surface area contributed by atoms with Gasteiger partial charge in [-0.25, -0.2) is 0 Å². The van der Waals surface area contributed by atoms with Gasteiger partial charge in [-0.05, 0) is 65.7 Å². The first-order chi connectivity index (χ1) is 7.93. The Hall–Kier alpha value is 0.629. The molecule has 2 nitrogen and oxygen atoms in total. The molecule has 2 aliphatic carbocycles. The average Bonchev–Trinajstić information content (AvgIpc) is 2.87. The molecule has 2 aliphatic rings. The maximum Gasteiger partial charge on any atom is 2.00 e. The third-order valence-corrected chi connectivity index (χ3v) is 3.92. The molecule has 10 radical (unpaired) electrons. The molecule has 0 aromatic carbocycles. The SMILES string of the molecule is CC(C)(C)[S@@](=O)[C]1[CH][CH][CH][C]1O.[CH]1[CH][CH][CH][CH]1.[Fe+2]. The van der Waals surface area contributed by atoms with Crippen molar-refractivity contribution in [3.8, 4) is 0 Å². The summed E-state index contributed by atoms with van der Waals surface area (Å²) in [5.41, 5.74) is 0. The van der Waals surface area contributed by atoms with Gasteiger partial charge in [-0.1, -0.05) is 0 Å².